The molecule has 0 spiro atoms. The second-order valence-electron chi connectivity index (χ2n) is 4.27. The summed E-state index contributed by atoms with van der Waals surface area (Å²) in [5.41, 5.74) is 2.79. The van der Waals surface area contributed by atoms with Crippen LogP contribution >= 0.6 is 0 Å². The number of aryl methyl sites for hydroxylation is 1. The summed E-state index contributed by atoms with van der Waals surface area (Å²) < 4.78 is 5.26. The molecular formula is C15H17NO2. The topological polar surface area (TPSA) is 42.4 Å². The van der Waals surface area contributed by atoms with Gasteiger partial charge in [0.2, 0.25) is 0 Å². The number of pyridine rings is 1. The lowest BCUT2D eigenvalue weighted by atomic mass is 10.0. The molecule has 1 unspecified atom stereocenters. The summed E-state index contributed by atoms with van der Waals surface area (Å²) in [4.78, 5) is 4.21. The van der Waals surface area contributed by atoms with Crippen LogP contribution in [0.2, 0.25) is 0 Å². The number of aliphatic hydroxyl groups is 1. The van der Waals surface area contributed by atoms with Crippen molar-refractivity contribution in [2.24, 2.45) is 0 Å². The van der Waals surface area contributed by atoms with Crippen LogP contribution in [0.4, 0.5) is 0 Å². The van der Waals surface area contributed by atoms with Crippen LogP contribution in [-0.4, -0.2) is 17.2 Å². The van der Waals surface area contributed by atoms with Gasteiger partial charge in [-0.15, -0.1) is 0 Å². The predicted octanol–water partition coefficient (Wildman–Crippen LogP) is 2.67. The maximum atomic E-state index is 10.2. The second kappa shape index (κ2) is 5.65. The van der Waals surface area contributed by atoms with E-state index in [1.54, 1.807) is 13.3 Å². The summed E-state index contributed by atoms with van der Waals surface area (Å²) in [5, 5.41) is 10.2. The molecule has 2 aromatic rings. The Morgan fingerprint density at radius 1 is 1.28 bits per heavy atom. The SMILES string of the molecule is COc1cc(C(O)Cc2ccccn2)ccc1C. The Hall–Kier alpha value is -1.87. The molecule has 0 aliphatic carbocycles. The van der Waals surface area contributed by atoms with Crippen molar-refractivity contribution >= 4 is 0 Å². The highest BCUT2D eigenvalue weighted by atomic mass is 16.5. The Balaban J connectivity index is 2.16. The van der Waals surface area contributed by atoms with Crippen molar-refractivity contribution in [2.45, 2.75) is 19.4 Å². The number of benzene rings is 1. The highest BCUT2D eigenvalue weighted by Gasteiger charge is 2.11. The quantitative estimate of drug-likeness (QED) is 0.897. The van der Waals surface area contributed by atoms with Crippen molar-refractivity contribution < 1.29 is 9.84 Å². The first kappa shape index (κ1) is 12.6. The highest BCUT2D eigenvalue weighted by molar-refractivity contribution is 5.37. The van der Waals surface area contributed by atoms with Gasteiger partial charge in [-0.2, -0.15) is 0 Å². The number of aliphatic hydroxyl groups excluding tert-OH is 1. The lowest BCUT2D eigenvalue weighted by Crippen LogP contribution is -2.03. The van der Waals surface area contributed by atoms with Crippen LogP contribution in [0.1, 0.15) is 22.9 Å². The van der Waals surface area contributed by atoms with Gasteiger partial charge in [-0.25, -0.2) is 0 Å². The Kier molecular flexibility index (Phi) is 3.95. The predicted molar refractivity (Wildman–Crippen MR) is 70.6 cm³/mol. The summed E-state index contributed by atoms with van der Waals surface area (Å²) >= 11 is 0. The molecule has 0 amide bonds. The van der Waals surface area contributed by atoms with Crippen LogP contribution in [0.15, 0.2) is 42.6 Å². The minimum atomic E-state index is -0.561. The van der Waals surface area contributed by atoms with Crippen molar-refractivity contribution in [3.05, 3.63) is 59.4 Å². The summed E-state index contributed by atoms with van der Waals surface area (Å²) in [7, 11) is 1.64. The largest absolute Gasteiger partial charge is 0.496 e. The first-order valence-electron chi connectivity index (χ1n) is 5.93. The van der Waals surface area contributed by atoms with E-state index in [0.29, 0.717) is 6.42 Å². The summed E-state index contributed by atoms with van der Waals surface area (Å²) in [6.45, 7) is 1.98. The molecule has 0 saturated heterocycles. The molecule has 1 aromatic carbocycles. The molecule has 0 aliphatic heterocycles. The van der Waals surface area contributed by atoms with E-state index in [1.807, 2.05) is 43.3 Å². The number of ether oxygens (including phenoxy) is 1. The van der Waals surface area contributed by atoms with Crippen molar-refractivity contribution in [1.29, 1.82) is 0 Å². The normalized spacial score (nSPS) is 12.2. The fraction of sp³-hybridized carbons (Fsp3) is 0.267. The second-order valence-corrected chi connectivity index (χ2v) is 4.27. The van der Waals surface area contributed by atoms with Gasteiger partial charge in [0.1, 0.15) is 5.75 Å². The fourth-order valence-corrected chi connectivity index (χ4v) is 1.88. The van der Waals surface area contributed by atoms with E-state index in [4.69, 9.17) is 4.74 Å². The molecule has 0 radical (unpaired) electrons. The van der Waals surface area contributed by atoms with Crippen molar-refractivity contribution in [3.63, 3.8) is 0 Å². The summed E-state index contributed by atoms with van der Waals surface area (Å²) in [6, 6.07) is 11.5. The molecule has 1 N–H and O–H groups in total. The molecule has 0 bridgehead atoms. The molecule has 18 heavy (non-hydrogen) atoms. The smallest absolute Gasteiger partial charge is 0.122 e. The third-order valence-corrected chi connectivity index (χ3v) is 2.95. The first-order chi connectivity index (χ1) is 8.70. The van der Waals surface area contributed by atoms with Gasteiger partial charge in [-0.1, -0.05) is 18.2 Å². The maximum Gasteiger partial charge on any atom is 0.122 e. The molecule has 3 nitrogen and oxygen atoms in total. The number of hydrogen-bond donors (Lipinski definition) is 1. The van der Waals surface area contributed by atoms with E-state index in [2.05, 4.69) is 4.98 Å². The molecule has 0 fully saturated rings. The monoisotopic (exact) mass is 243 g/mol. The zero-order valence-electron chi connectivity index (χ0n) is 10.6. The van der Waals surface area contributed by atoms with Gasteiger partial charge in [0, 0.05) is 18.3 Å². The molecular weight excluding hydrogens is 226 g/mol. The van der Waals surface area contributed by atoms with Crippen LogP contribution in [0, 0.1) is 6.92 Å². The number of nitrogens with zero attached hydrogens (tertiary/aromatic N) is 1. The molecule has 0 saturated carbocycles. The minimum absolute atomic E-state index is 0.507. The third kappa shape index (κ3) is 2.87. The van der Waals surface area contributed by atoms with Crippen LogP contribution < -0.4 is 4.74 Å². The Morgan fingerprint density at radius 2 is 2.11 bits per heavy atom. The molecule has 1 heterocycles. The zero-order chi connectivity index (χ0) is 13.0. The first-order valence-corrected chi connectivity index (χ1v) is 5.93. The van der Waals surface area contributed by atoms with Crippen molar-refractivity contribution in [1.82, 2.24) is 4.98 Å². The van der Waals surface area contributed by atoms with E-state index in [-0.39, 0.29) is 0 Å². The van der Waals surface area contributed by atoms with Crippen molar-refractivity contribution in [3.8, 4) is 5.75 Å². The number of methoxy groups -OCH3 is 1. The van der Waals surface area contributed by atoms with Gasteiger partial charge >= 0.3 is 0 Å². The fourth-order valence-electron chi connectivity index (χ4n) is 1.88. The van der Waals surface area contributed by atoms with Gasteiger partial charge in [-0.3, -0.25) is 4.98 Å². The van der Waals surface area contributed by atoms with E-state index in [1.165, 1.54) is 0 Å². The average molecular weight is 243 g/mol. The zero-order valence-corrected chi connectivity index (χ0v) is 10.6. The lowest BCUT2D eigenvalue weighted by Gasteiger charge is -2.13. The van der Waals surface area contributed by atoms with Crippen LogP contribution in [0.25, 0.3) is 0 Å². The number of rotatable bonds is 4. The van der Waals surface area contributed by atoms with E-state index >= 15 is 0 Å². The Morgan fingerprint density at radius 3 is 2.78 bits per heavy atom. The van der Waals surface area contributed by atoms with Gasteiger partial charge in [0.15, 0.2) is 0 Å². The molecule has 2 rings (SSSR count). The number of aromatic nitrogens is 1. The van der Waals surface area contributed by atoms with Gasteiger partial charge < -0.3 is 9.84 Å². The highest BCUT2D eigenvalue weighted by Crippen LogP contribution is 2.24. The van der Waals surface area contributed by atoms with Gasteiger partial charge in [-0.05, 0) is 36.2 Å². The lowest BCUT2D eigenvalue weighted by molar-refractivity contribution is 0.177. The van der Waals surface area contributed by atoms with E-state index < -0.39 is 6.10 Å². The maximum absolute atomic E-state index is 10.2. The average Bonchev–Trinajstić information content (AvgIpc) is 2.40. The molecule has 1 aromatic heterocycles. The Bertz CT molecular complexity index is 511. The minimum Gasteiger partial charge on any atom is -0.496 e. The molecule has 0 aliphatic rings. The van der Waals surface area contributed by atoms with E-state index in [0.717, 1.165) is 22.6 Å². The molecule has 3 heteroatoms. The van der Waals surface area contributed by atoms with Crippen LogP contribution in [0.5, 0.6) is 5.75 Å². The molecule has 94 valence electrons. The standard InChI is InChI=1S/C15H17NO2/c1-11-6-7-12(9-15(11)18-2)14(17)10-13-5-3-4-8-16-13/h3-9,14,17H,10H2,1-2H3. The van der Waals surface area contributed by atoms with Gasteiger partial charge in [0.25, 0.3) is 0 Å². The Labute approximate surface area is 107 Å². The van der Waals surface area contributed by atoms with Crippen LogP contribution in [0.3, 0.4) is 0 Å². The summed E-state index contributed by atoms with van der Waals surface area (Å²) in [6.07, 6.45) is 1.68. The van der Waals surface area contributed by atoms with Crippen molar-refractivity contribution in [2.75, 3.05) is 7.11 Å². The van der Waals surface area contributed by atoms with Crippen LogP contribution in [-0.2, 0) is 6.42 Å². The van der Waals surface area contributed by atoms with E-state index in [9.17, 15) is 5.11 Å². The molecule has 1 atom stereocenters. The van der Waals surface area contributed by atoms with Gasteiger partial charge in [0.05, 0.1) is 13.2 Å². The third-order valence-electron chi connectivity index (χ3n) is 2.95. The summed E-state index contributed by atoms with van der Waals surface area (Å²) in [5.74, 6) is 0.799. The number of hydrogen-bond acceptors (Lipinski definition) is 3.